The fourth-order valence-corrected chi connectivity index (χ4v) is 2.20. The average Bonchev–Trinajstić information content (AvgIpc) is 2.98. The molecule has 0 bridgehead atoms. The summed E-state index contributed by atoms with van der Waals surface area (Å²) in [6, 6.07) is 0.739. The molecule has 15 heavy (non-hydrogen) atoms. The van der Waals surface area contributed by atoms with Crippen LogP contribution in [-0.2, 0) is 11.3 Å². The first-order chi connectivity index (χ1) is 7.29. The maximum absolute atomic E-state index is 5.61. The van der Waals surface area contributed by atoms with Gasteiger partial charge in [-0.05, 0) is 12.8 Å². The van der Waals surface area contributed by atoms with Gasteiger partial charge >= 0.3 is 0 Å². The molecule has 2 rings (SSSR count). The van der Waals surface area contributed by atoms with Gasteiger partial charge in [-0.2, -0.15) is 0 Å². The molecule has 4 nitrogen and oxygen atoms in total. The molecule has 0 aromatic carbocycles. The molecular weight excluding hydrogens is 210 g/mol. The number of nitrogens with two attached hydrogens (primary N) is 1. The fraction of sp³-hybridized carbons (Fsp3) is 0.700. The van der Waals surface area contributed by atoms with Crippen molar-refractivity contribution in [3.8, 4) is 0 Å². The molecule has 84 valence electrons. The van der Waals surface area contributed by atoms with E-state index in [-0.39, 0.29) is 0 Å². The van der Waals surface area contributed by atoms with Gasteiger partial charge in [-0.3, -0.25) is 4.90 Å². The van der Waals surface area contributed by atoms with E-state index in [2.05, 4.69) is 9.88 Å². The Hall–Kier alpha value is -0.650. The second kappa shape index (κ2) is 4.92. The van der Waals surface area contributed by atoms with Crippen LogP contribution in [0.25, 0.3) is 0 Å². The predicted octanol–water partition coefficient (Wildman–Crippen LogP) is 1.34. The Morgan fingerprint density at radius 1 is 1.67 bits per heavy atom. The molecule has 1 heterocycles. The van der Waals surface area contributed by atoms with Crippen LogP contribution in [0.4, 0.5) is 5.13 Å². The highest BCUT2D eigenvalue weighted by atomic mass is 32.1. The molecule has 1 aliphatic rings. The summed E-state index contributed by atoms with van der Waals surface area (Å²) < 4.78 is 5.11. The second-order valence-electron chi connectivity index (χ2n) is 3.87. The highest BCUT2D eigenvalue weighted by Gasteiger charge is 2.28. The molecule has 2 N–H and O–H groups in total. The Morgan fingerprint density at radius 2 is 2.47 bits per heavy atom. The van der Waals surface area contributed by atoms with Gasteiger partial charge < -0.3 is 10.5 Å². The predicted molar refractivity (Wildman–Crippen MR) is 61.8 cm³/mol. The molecule has 0 radical (unpaired) electrons. The quantitative estimate of drug-likeness (QED) is 0.796. The number of methoxy groups -OCH3 is 1. The van der Waals surface area contributed by atoms with Gasteiger partial charge in [-0.25, -0.2) is 4.98 Å². The van der Waals surface area contributed by atoms with Gasteiger partial charge in [0.2, 0.25) is 0 Å². The van der Waals surface area contributed by atoms with E-state index in [1.807, 2.05) is 5.38 Å². The SMILES string of the molecule is COCCN(Cc1csc(N)n1)C1CC1. The summed E-state index contributed by atoms with van der Waals surface area (Å²) in [7, 11) is 1.74. The number of nitrogen functional groups attached to an aromatic ring is 1. The van der Waals surface area contributed by atoms with Gasteiger partial charge in [0.25, 0.3) is 0 Å². The third-order valence-corrected chi connectivity index (χ3v) is 3.30. The lowest BCUT2D eigenvalue weighted by Crippen LogP contribution is -2.29. The van der Waals surface area contributed by atoms with Gasteiger partial charge in [0.05, 0.1) is 12.3 Å². The number of aromatic nitrogens is 1. The van der Waals surface area contributed by atoms with E-state index in [1.54, 1.807) is 7.11 Å². The molecule has 0 unspecified atom stereocenters. The van der Waals surface area contributed by atoms with Gasteiger partial charge in [-0.1, -0.05) is 0 Å². The number of anilines is 1. The topological polar surface area (TPSA) is 51.4 Å². The van der Waals surface area contributed by atoms with Crippen molar-refractivity contribution in [2.24, 2.45) is 0 Å². The van der Waals surface area contributed by atoms with Crippen LogP contribution >= 0.6 is 11.3 Å². The Labute approximate surface area is 94.1 Å². The molecular formula is C10H17N3OS. The third kappa shape index (κ3) is 3.15. The monoisotopic (exact) mass is 227 g/mol. The molecule has 1 aliphatic carbocycles. The summed E-state index contributed by atoms with van der Waals surface area (Å²) in [4.78, 5) is 6.71. The smallest absolute Gasteiger partial charge is 0.180 e. The minimum atomic E-state index is 0.660. The number of hydrogen-bond acceptors (Lipinski definition) is 5. The van der Waals surface area contributed by atoms with Crippen molar-refractivity contribution in [1.82, 2.24) is 9.88 Å². The summed E-state index contributed by atoms with van der Waals surface area (Å²) in [5.41, 5.74) is 6.69. The van der Waals surface area contributed by atoms with Gasteiger partial charge in [0.1, 0.15) is 0 Å². The lowest BCUT2D eigenvalue weighted by Gasteiger charge is -2.20. The summed E-state index contributed by atoms with van der Waals surface area (Å²) >= 11 is 1.51. The van der Waals surface area contributed by atoms with E-state index >= 15 is 0 Å². The molecule has 0 aliphatic heterocycles. The fourth-order valence-electron chi connectivity index (χ4n) is 1.64. The first-order valence-electron chi connectivity index (χ1n) is 5.22. The Bertz CT molecular complexity index is 311. The zero-order chi connectivity index (χ0) is 10.7. The first kappa shape index (κ1) is 10.9. The molecule has 0 atom stereocenters. The molecule has 0 saturated heterocycles. The summed E-state index contributed by atoms with van der Waals surface area (Å²) in [5, 5.41) is 2.70. The van der Waals surface area contributed by atoms with E-state index < -0.39 is 0 Å². The summed E-state index contributed by atoms with van der Waals surface area (Å²) in [6.07, 6.45) is 2.62. The normalized spacial score (nSPS) is 16.1. The molecule has 0 spiro atoms. The maximum atomic E-state index is 5.61. The van der Waals surface area contributed by atoms with E-state index in [1.165, 1.54) is 24.2 Å². The van der Waals surface area contributed by atoms with E-state index in [0.717, 1.165) is 31.4 Å². The number of thiazole rings is 1. The summed E-state index contributed by atoms with van der Waals surface area (Å²) in [6.45, 7) is 2.68. The molecule has 1 aromatic heterocycles. The minimum Gasteiger partial charge on any atom is -0.383 e. The highest BCUT2D eigenvalue weighted by molar-refractivity contribution is 7.13. The zero-order valence-corrected chi connectivity index (χ0v) is 9.80. The van der Waals surface area contributed by atoms with Crippen LogP contribution in [0.15, 0.2) is 5.38 Å². The Kier molecular flexibility index (Phi) is 3.56. The van der Waals surface area contributed by atoms with Crippen LogP contribution in [0, 0.1) is 0 Å². The zero-order valence-electron chi connectivity index (χ0n) is 8.98. The van der Waals surface area contributed by atoms with Crippen molar-refractivity contribution in [2.75, 3.05) is 26.0 Å². The van der Waals surface area contributed by atoms with Gasteiger partial charge in [-0.15, -0.1) is 11.3 Å². The van der Waals surface area contributed by atoms with Crippen molar-refractivity contribution >= 4 is 16.5 Å². The van der Waals surface area contributed by atoms with Crippen molar-refractivity contribution in [1.29, 1.82) is 0 Å². The van der Waals surface area contributed by atoms with Crippen LogP contribution in [0.3, 0.4) is 0 Å². The van der Waals surface area contributed by atoms with Crippen molar-refractivity contribution in [3.63, 3.8) is 0 Å². The number of hydrogen-bond donors (Lipinski definition) is 1. The molecule has 1 aromatic rings. The molecule has 1 saturated carbocycles. The average molecular weight is 227 g/mol. The number of ether oxygens (including phenoxy) is 1. The Balaban J connectivity index is 1.88. The Morgan fingerprint density at radius 3 is 3.00 bits per heavy atom. The molecule has 0 amide bonds. The lowest BCUT2D eigenvalue weighted by atomic mass is 10.4. The molecule has 5 heteroatoms. The van der Waals surface area contributed by atoms with E-state index in [4.69, 9.17) is 10.5 Å². The van der Waals surface area contributed by atoms with Crippen molar-refractivity contribution < 1.29 is 4.74 Å². The minimum absolute atomic E-state index is 0.660. The van der Waals surface area contributed by atoms with Crippen LogP contribution in [0.2, 0.25) is 0 Å². The van der Waals surface area contributed by atoms with Crippen LogP contribution in [0.5, 0.6) is 0 Å². The first-order valence-corrected chi connectivity index (χ1v) is 6.10. The van der Waals surface area contributed by atoms with Crippen LogP contribution < -0.4 is 5.73 Å². The molecule has 1 fully saturated rings. The van der Waals surface area contributed by atoms with Crippen LogP contribution in [-0.4, -0.2) is 36.2 Å². The number of nitrogens with zero attached hydrogens (tertiary/aromatic N) is 2. The van der Waals surface area contributed by atoms with E-state index in [9.17, 15) is 0 Å². The standard InChI is InChI=1S/C10H17N3OS/c1-14-5-4-13(9-2-3-9)6-8-7-15-10(11)12-8/h7,9H,2-6H2,1H3,(H2,11,12). The highest BCUT2D eigenvalue weighted by Crippen LogP contribution is 2.28. The number of rotatable bonds is 6. The summed E-state index contributed by atoms with van der Waals surface area (Å²) in [5.74, 6) is 0. The maximum Gasteiger partial charge on any atom is 0.180 e. The van der Waals surface area contributed by atoms with Gasteiger partial charge in [0.15, 0.2) is 5.13 Å². The second-order valence-corrected chi connectivity index (χ2v) is 4.76. The third-order valence-electron chi connectivity index (χ3n) is 2.58. The van der Waals surface area contributed by atoms with Crippen LogP contribution in [0.1, 0.15) is 18.5 Å². The lowest BCUT2D eigenvalue weighted by molar-refractivity contribution is 0.139. The van der Waals surface area contributed by atoms with E-state index in [0.29, 0.717) is 5.13 Å². The van der Waals surface area contributed by atoms with Gasteiger partial charge in [0, 0.05) is 31.6 Å². The largest absolute Gasteiger partial charge is 0.383 e. The van der Waals surface area contributed by atoms with Crippen molar-refractivity contribution in [2.45, 2.75) is 25.4 Å². The van der Waals surface area contributed by atoms with Crippen molar-refractivity contribution in [3.05, 3.63) is 11.1 Å².